The molecule has 76 valence electrons. The van der Waals surface area contributed by atoms with Crippen molar-refractivity contribution >= 4 is 11.9 Å². The van der Waals surface area contributed by atoms with Gasteiger partial charge in [0.2, 0.25) is 5.91 Å². The van der Waals surface area contributed by atoms with Crippen LogP contribution in [-0.2, 0) is 9.59 Å². The summed E-state index contributed by atoms with van der Waals surface area (Å²) in [6.07, 6.45) is 0.610. The predicted molar refractivity (Wildman–Crippen MR) is 48.4 cm³/mol. The van der Waals surface area contributed by atoms with Crippen molar-refractivity contribution in [2.24, 2.45) is 0 Å². The first-order valence-corrected chi connectivity index (χ1v) is 4.18. The van der Waals surface area contributed by atoms with Gasteiger partial charge in [-0.1, -0.05) is 0 Å². The zero-order valence-corrected chi connectivity index (χ0v) is 8.04. The van der Waals surface area contributed by atoms with Crippen molar-refractivity contribution in [2.45, 2.75) is 12.8 Å². The van der Waals surface area contributed by atoms with Crippen molar-refractivity contribution in [3.8, 4) is 0 Å². The molecule has 0 atom stereocenters. The van der Waals surface area contributed by atoms with Crippen LogP contribution in [0.4, 0.5) is 0 Å². The summed E-state index contributed by atoms with van der Waals surface area (Å²) >= 11 is 0. The van der Waals surface area contributed by atoms with Crippen LogP contribution in [0, 0.1) is 0 Å². The zero-order chi connectivity index (χ0) is 10.3. The Balaban J connectivity index is 3.55. The molecular weight excluding hydrogens is 172 g/mol. The average Bonchev–Trinajstić information content (AvgIpc) is 2.04. The number of nitrogens with zero attached hydrogens (tertiary/aromatic N) is 1. The molecule has 0 radical (unpaired) electrons. The zero-order valence-electron chi connectivity index (χ0n) is 8.04. The van der Waals surface area contributed by atoms with Gasteiger partial charge in [0.05, 0.1) is 6.54 Å². The number of amides is 1. The molecule has 0 aromatic heterocycles. The summed E-state index contributed by atoms with van der Waals surface area (Å²) < 4.78 is 0. The lowest BCUT2D eigenvalue weighted by molar-refractivity contribution is -0.137. The van der Waals surface area contributed by atoms with E-state index in [-0.39, 0.29) is 12.3 Å². The summed E-state index contributed by atoms with van der Waals surface area (Å²) in [5.41, 5.74) is 0. The second kappa shape index (κ2) is 6.42. The molecule has 0 aromatic carbocycles. The van der Waals surface area contributed by atoms with E-state index in [1.807, 2.05) is 0 Å². The standard InChI is InChI=1S/C8H16N2O3/c1-9-6-7(11)10(2)5-3-4-8(12)13/h9H,3-6H2,1-2H3,(H,12,13). The van der Waals surface area contributed by atoms with Gasteiger partial charge in [-0.25, -0.2) is 0 Å². The molecule has 0 spiro atoms. The Morgan fingerprint density at radius 3 is 2.54 bits per heavy atom. The summed E-state index contributed by atoms with van der Waals surface area (Å²) in [4.78, 5) is 22.8. The fraction of sp³-hybridized carbons (Fsp3) is 0.750. The lowest BCUT2D eigenvalue weighted by atomic mass is 10.3. The van der Waals surface area contributed by atoms with Crippen LogP contribution in [0.15, 0.2) is 0 Å². The SMILES string of the molecule is CNCC(=O)N(C)CCCC(=O)O. The Morgan fingerprint density at radius 2 is 2.08 bits per heavy atom. The van der Waals surface area contributed by atoms with E-state index >= 15 is 0 Å². The van der Waals surface area contributed by atoms with Crippen LogP contribution < -0.4 is 5.32 Å². The molecule has 13 heavy (non-hydrogen) atoms. The molecule has 0 aromatic rings. The molecule has 0 aliphatic heterocycles. The summed E-state index contributed by atoms with van der Waals surface area (Å²) in [7, 11) is 3.37. The maximum atomic E-state index is 11.1. The summed E-state index contributed by atoms with van der Waals surface area (Å²) in [6.45, 7) is 0.788. The van der Waals surface area contributed by atoms with Crippen molar-refractivity contribution in [1.82, 2.24) is 10.2 Å². The monoisotopic (exact) mass is 188 g/mol. The van der Waals surface area contributed by atoms with E-state index in [4.69, 9.17) is 5.11 Å². The van der Waals surface area contributed by atoms with Crippen molar-refractivity contribution in [2.75, 3.05) is 27.2 Å². The summed E-state index contributed by atoms with van der Waals surface area (Å²) in [5.74, 6) is -0.845. The van der Waals surface area contributed by atoms with Gasteiger partial charge >= 0.3 is 5.97 Å². The average molecular weight is 188 g/mol. The third kappa shape index (κ3) is 6.10. The number of carbonyl (C=O) groups is 2. The van der Waals surface area contributed by atoms with Crippen LogP contribution >= 0.6 is 0 Å². The minimum Gasteiger partial charge on any atom is -0.481 e. The smallest absolute Gasteiger partial charge is 0.303 e. The van der Waals surface area contributed by atoms with Crippen molar-refractivity contribution < 1.29 is 14.7 Å². The first-order valence-electron chi connectivity index (χ1n) is 4.18. The molecule has 0 fully saturated rings. The normalized spacial score (nSPS) is 9.69. The van der Waals surface area contributed by atoms with E-state index in [9.17, 15) is 9.59 Å². The highest BCUT2D eigenvalue weighted by atomic mass is 16.4. The summed E-state index contributed by atoms with van der Waals surface area (Å²) in [5, 5.41) is 11.1. The number of likely N-dealkylation sites (N-methyl/N-ethyl adjacent to an activating group) is 2. The maximum absolute atomic E-state index is 11.1. The van der Waals surface area contributed by atoms with Gasteiger partial charge in [-0.05, 0) is 13.5 Å². The third-order valence-electron chi connectivity index (χ3n) is 1.64. The first kappa shape index (κ1) is 11.9. The Labute approximate surface area is 77.7 Å². The Hall–Kier alpha value is -1.10. The van der Waals surface area contributed by atoms with E-state index in [1.54, 1.807) is 14.1 Å². The van der Waals surface area contributed by atoms with Gasteiger partial charge in [-0.15, -0.1) is 0 Å². The summed E-state index contributed by atoms with van der Waals surface area (Å²) in [6, 6.07) is 0. The van der Waals surface area contributed by atoms with Crippen molar-refractivity contribution in [3.63, 3.8) is 0 Å². The van der Waals surface area contributed by atoms with Crippen LogP contribution in [0.1, 0.15) is 12.8 Å². The van der Waals surface area contributed by atoms with Crippen LogP contribution in [0.25, 0.3) is 0 Å². The topological polar surface area (TPSA) is 69.6 Å². The number of carbonyl (C=O) groups excluding carboxylic acids is 1. The van der Waals surface area contributed by atoms with Gasteiger partial charge < -0.3 is 15.3 Å². The minimum absolute atomic E-state index is 0.0205. The predicted octanol–water partition coefficient (Wildman–Crippen LogP) is -0.471. The number of aliphatic carboxylic acids is 1. The lowest BCUT2D eigenvalue weighted by Crippen LogP contribution is -2.34. The largest absolute Gasteiger partial charge is 0.481 e. The molecule has 0 unspecified atom stereocenters. The second-order valence-electron chi connectivity index (χ2n) is 2.84. The van der Waals surface area contributed by atoms with E-state index in [0.29, 0.717) is 19.5 Å². The molecular formula is C8H16N2O3. The molecule has 0 saturated carbocycles. The highest BCUT2D eigenvalue weighted by molar-refractivity contribution is 5.77. The molecule has 5 heteroatoms. The molecule has 0 saturated heterocycles. The van der Waals surface area contributed by atoms with Crippen LogP contribution in [0.3, 0.4) is 0 Å². The second-order valence-corrected chi connectivity index (χ2v) is 2.84. The van der Waals surface area contributed by atoms with E-state index in [1.165, 1.54) is 4.90 Å². The van der Waals surface area contributed by atoms with Crippen LogP contribution in [0.5, 0.6) is 0 Å². The molecule has 0 aliphatic rings. The van der Waals surface area contributed by atoms with E-state index < -0.39 is 5.97 Å². The molecule has 0 aliphatic carbocycles. The number of rotatable bonds is 6. The highest BCUT2D eigenvalue weighted by Gasteiger charge is 2.07. The Bertz CT molecular complexity index is 182. The van der Waals surface area contributed by atoms with E-state index in [2.05, 4.69) is 5.32 Å². The lowest BCUT2D eigenvalue weighted by Gasteiger charge is -2.15. The minimum atomic E-state index is -0.825. The highest BCUT2D eigenvalue weighted by Crippen LogP contribution is 1.92. The molecule has 0 bridgehead atoms. The van der Waals surface area contributed by atoms with Crippen LogP contribution in [0.2, 0.25) is 0 Å². The van der Waals surface area contributed by atoms with Gasteiger partial charge in [0.1, 0.15) is 0 Å². The van der Waals surface area contributed by atoms with E-state index in [0.717, 1.165) is 0 Å². The van der Waals surface area contributed by atoms with Gasteiger partial charge in [-0.2, -0.15) is 0 Å². The van der Waals surface area contributed by atoms with Gasteiger partial charge in [0.15, 0.2) is 0 Å². The molecule has 0 heterocycles. The first-order chi connectivity index (χ1) is 6.07. The van der Waals surface area contributed by atoms with Crippen LogP contribution in [-0.4, -0.2) is 49.1 Å². The third-order valence-corrected chi connectivity index (χ3v) is 1.64. The Morgan fingerprint density at radius 1 is 1.46 bits per heavy atom. The molecule has 0 rings (SSSR count). The maximum Gasteiger partial charge on any atom is 0.303 e. The molecule has 2 N–H and O–H groups in total. The van der Waals surface area contributed by atoms with Crippen molar-refractivity contribution in [1.29, 1.82) is 0 Å². The van der Waals surface area contributed by atoms with Gasteiger partial charge in [0, 0.05) is 20.0 Å². The number of carboxylic acids is 1. The quantitative estimate of drug-likeness (QED) is 0.591. The van der Waals surface area contributed by atoms with Crippen molar-refractivity contribution in [3.05, 3.63) is 0 Å². The van der Waals surface area contributed by atoms with Gasteiger partial charge in [-0.3, -0.25) is 9.59 Å². The van der Waals surface area contributed by atoms with Gasteiger partial charge in [0.25, 0.3) is 0 Å². The fourth-order valence-corrected chi connectivity index (χ4v) is 0.878. The number of hydrogen-bond acceptors (Lipinski definition) is 3. The molecule has 1 amide bonds. The fourth-order valence-electron chi connectivity index (χ4n) is 0.878. The number of carboxylic acid groups (broad SMARTS) is 1. The number of nitrogens with one attached hydrogen (secondary N) is 1. The Kier molecular flexibility index (Phi) is 5.88. The number of hydrogen-bond donors (Lipinski definition) is 2. The molecule has 5 nitrogen and oxygen atoms in total.